The average Bonchev–Trinajstić information content (AvgIpc) is 2.75. The predicted octanol–water partition coefficient (Wildman–Crippen LogP) is 8.73. The van der Waals surface area contributed by atoms with E-state index in [1.807, 2.05) is 0 Å². The van der Waals surface area contributed by atoms with E-state index in [1.165, 1.54) is 88.4 Å². The van der Waals surface area contributed by atoms with Crippen molar-refractivity contribution < 1.29 is 0 Å². The number of hydrogen-bond donors (Lipinski definition) is 0. The first kappa shape index (κ1) is 22.5. The van der Waals surface area contributed by atoms with Crippen molar-refractivity contribution in [2.75, 3.05) is 11.4 Å². The molecule has 2 aromatic rings. The molecule has 28 heavy (non-hydrogen) atoms. The Balaban J connectivity index is 1.56. The fraction of sp³-hybridized carbons (Fsp3) is 0.519. The number of hydrogen-bond acceptors (Lipinski definition) is 1. The number of rotatable bonds is 16. The van der Waals surface area contributed by atoms with Gasteiger partial charge >= 0.3 is 0 Å². The molecule has 0 saturated carbocycles. The van der Waals surface area contributed by atoms with Crippen LogP contribution in [0.4, 0.5) is 11.4 Å². The van der Waals surface area contributed by atoms with E-state index >= 15 is 0 Å². The zero-order valence-electron chi connectivity index (χ0n) is 17.8. The van der Waals surface area contributed by atoms with Crippen LogP contribution in [0.3, 0.4) is 0 Å². The van der Waals surface area contributed by atoms with Gasteiger partial charge in [-0.05, 0) is 30.7 Å². The Hall–Kier alpha value is -1.76. The van der Waals surface area contributed by atoms with Crippen molar-refractivity contribution in [3.8, 4) is 0 Å². The molecule has 0 amide bonds. The zero-order valence-corrected chi connectivity index (χ0v) is 17.8. The number of benzene rings is 2. The van der Waals surface area contributed by atoms with Gasteiger partial charge in [0.2, 0.25) is 0 Å². The van der Waals surface area contributed by atoms with Crippen LogP contribution in [0, 0.1) is 6.92 Å². The third-order valence-corrected chi connectivity index (χ3v) is 5.52. The lowest BCUT2D eigenvalue weighted by atomic mass is 10.0. The minimum Gasteiger partial charge on any atom is -0.341 e. The summed E-state index contributed by atoms with van der Waals surface area (Å²) in [6, 6.07) is 21.6. The molecule has 1 nitrogen and oxygen atoms in total. The first-order valence-corrected chi connectivity index (χ1v) is 11.6. The summed E-state index contributed by atoms with van der Waals surface area (Å²) in [5.41, 5.74) is 2.59. The van der Waals surface area contributed by atoms with Gasteiger partial charge in [-0.1, -0.05) is 120 Å². The lowest BCUT2D eigenvalue weighted by Gasteiger charge is -2.25. The highest BCUT2D eigenvalue weighted by atomic mass is 15.1. The molecule has 0 atom stereocenters. The van der Waals surface area contributed by atoms with Crippen molar-refractivity contribution in [1.82, 2.24) is 0 Å². The lowest BCUT2D eigenvalue weighted by Crippen LogP contribution is -2.18. The molecule has 2 rings (SSSR count). The molecule has 0 spiro atoms. The first-order chi connectivity index (χ1) is 13.9. The summed E-state index contributed by atoms with van der Waals surface area (Å²) in [4.78, 5) is 2.45. The SMILES string of the molecule is [CH2]CCCCCCCCCCCCCCN(c1ccccc1)c1ccccc1. The fourth-order valence-corrected chi connectivity index (χ4v) is 3.84. The summed E-state index contributed by atoms with van der Waals surface area (Å²) in [5.74, 6) is 0. The number of anilines is 2. The Morgan fingerprint density at radius 1 is 0.464 bits per heavy atom. The van der Waals surface area contributed by atoms with Gasteiger partial charge < -0.3 is 4.90 Å². The molecule has 0 aliphatic rings. The third-order valence-electron chi connectivity index (χ3n) is 5.52. The average molecular weight is 379 g/mol. The van der Waals surface area contributed by atoms with Crippen LogP contribution in [-0.2, 0) is 0 Å². The van der Waals surface area contributed by atoms with Crippen LogP contribution in [0.15, 0.2) is 60.7 Å². The fourth-order valence-electron chi connectivity index (χ4n) is 3.84. The van der Waals surface area contributed by atoms with E-state index in [2.05, 4.69) is 72.5 Å². The highest BCUT2D eigenvalue weighted by molar-refractivity contribution is 5.62. The Kier molecular flexibility index (Phi) is 12.2. The molecule has 1 radical (unpaired) electrons. The smallest absolute Gasteiger partial charge is 0.0410 e. The molecule has 0 aliphatic carbocycles. The molecular weight excluding hydrogens is 338 g/mol. The van der Waals surface area contributed by atoms with E-state index in [9.17, 15) is 0 Å². The minimum absolute atomic E-state index is 1.10. The van der Waals surface area contributed by atoms with E-state index in [-0.39, 0.29) is 0 Å². The Morgan fingerprint density at radius 2 is 0.821 bits per heavy atom. The van der Waals surface area contributed by atoms with Gasteiger partial charge in [-0.25, -0.2) is 0 Å². The highest BCUT2D eigenvalue weighted by Gasteiger charge is 2.07. The molecule has 1 heteroatoms. The van der Waals surface area contributed by atoms with Crippen molar-refractivity contribution in [3.63, 3.8) is 0 Å². The summed E-state index contributed by atoms with van der Waals surface area (Å²) in [6.07, 6.45) is 17.7. The van der Waals surface area contributed by atoms with Crippen LogP contribution in [0.2, 0.25) is 0 Å². The van der Waals surface area contributed by atoms with Gasteiger partial charge in [0.15, 0.2) is 0 Å². The van der Waals surface area contributed by atoms with Crippen molar-refractivity contribution >= 4 is 11.4 Å². The predicted molar refractivity (Wildman–Crippen MR) is 125 cm³/mol. The van der Waals surface area contributed by atoms with E-state index < -0.39 is 0 Å². The zero-order chi connectivity index (χ0) is 19.7. The van der Waals surface area contributed by atoms with Crippen LogP contribution in [0.25, 0.3) is 0 Å². The van der Waals surface area contributed by atoms with Gasteiger partial charge in [-0.3, -0.25) is 0 Å². The second-order valence-corrected chi connectivity index (χ2v) is 7.92. The standard InChI is InChI=1S/C27H40N/c1-2-3-4-5-6-7-8-9-10-11-12-13-20-25-28(26-21-16-14-17-22-26)27-23-18-15-19-24-27/h14-19,21-24H,1-13,20,25H2. The van der Waals surface area contributed by atoms with Crippen LogP contribution in [0.5, 0.6) is 0 Å². The van der Waals surface area contributed by atoms with Gasteiger partial charge in [0.1, 0.15) is 0 Å². The second-order valence-electron chi connectivity index (χ2n) is 7.92. The third kappa shape index (κ3) is 9.44. The van der Waals surface area contributed by atoms with E-state index in [0.717, 1.165) is 13.0 Å². The van der Waals surface area contributed by atoms with Crippen molar-refractivity contribution in [1.29, 1.82) is 0 Å². The molecule has 0 N–H and O–H groups in total. The van der Waals surface area contributed by atoms with Crippen molar-refractivity contribution in [2.45, 2.75) is 83.5 Å². The summed E-state index contributed by atoms with van der Waals surface area (Å²) in [7, 11) is 0. The minimum atomic E-state index is 1.10. The summed E-state index contributed by atoms with van der Waals surface area (Å²) >= 11 is 0. The van der Waals surface area contributed by atoms with Crippen molar-refractivity contribution in [3.05, 3.63) is 67.6 Å². The maximum absolute atomic E-state index is 3.91. The molecule has 2 aromatic carbocycles. The second kappa shape index (κ2) is 15.2. The van der Waals surface area contributed by atoms with E-state index in [1.54, 1.807) is 0 Å². The van der Waals surface area contributed by atoms with Crippen molar-refractivity contribution in [2.24, 2.45) is 0 Å². The summed E-state index contributed by atoms with van der Waals surface area (Å²) in [5, 5.41) is 0. The molecule has 0 unspecified atom stereocenters. The molecule has 0 fully saturated rings. The van der Waals surface area contributed by atoms with E-state index in [0.29, 0.717) is 0 Å². The number of unbranched alkanes of at least 4 members (excludes halogenated alkanes) is 12. The molecule has 0 saturated heterocycles. The van der Waals surface area contributed by atoms with Crippen LogP contribution < -0.4 is 4.90 Å². The lowest BCUT2D eigenvalue weighted by molar-refractivity contribution is 0.542. The molecule has 0 aromatic heterocycles. The van der Waals surface area contributed by atoms with Gasteiger partial charge in [0, 0.05) is 17.9 Å². The van der Waals surface area contributed by atoms with E-state index in [4.69, 9.17) is 0 Å². The molecule has 153 valence electrons. The topological polar surface area (TPSA) is 3.24 Å². The van der Waals surface area contributed by atoms with Gasteiger partial charge in [0.25, 0.3) is 0 Å². The molecule has 0 heterocycles. The molecule has 0 aliphatic heterocycles. The van der Waals surface area contributed by atoms with Crippen LogP contribution in [0.1, 0.15) is 83.5 Å². The molecule has 0 bridgehead atoms. The summed E-state index contributed by atoms with van der Waals surface area (Å²) in [6.45, 7) is 5.01. The number of para-hydroxylation sites is 2. The Bertz CT molecular complexity index is 538. The maximum Gasteiger partial charge on any atom is 0.0410 e. The monoisotopic (exact) mass is 378 g/mol. The van der Waals surface area contributed by atoms with Gasteiger partial charge in [-0.2, -0.15) is 0 Å². The molecular formula is C27H40N. The van der Waals surface area contributed by atoms with Crippen LogP contribution in [-0.4, -0.2) is 6.54 Å². The quantitative estimate of drug-likeness (QED) is 0.264. The largest absolute Gasteiger partial charge is 0.341 e. The normalized spacial score (nSPS) is 10.9. The maximum atomic E-state index is 3.91. The highest BCUT2D eigenvalue weighted by Crippen LogP contribution is 2.25. The van der Waals surface area contributed by atoms with Gasteiger partial charge in [-0.15, -0.1) is 0 Å². The first-order valence-electron chi connectivity index (χ1n) is 11.6. The Labute approximate surface area is 174 Å². The number of nitrogens with zero attached hydrogens (tertiary/aromatic N) is 1. The van der Waals surface area contributed by atoms with Crippen LogP contribution >= 0.6 is 0 Å². The van der Waals surface area contributed by atoms with Gasteiger partial charge in [0.05, 0.1) is 0 Å². The Morgan fingerprint density at radius 3 is 1.21 bits per heavy atom. The summed E-state index contributed by atoms with van der Waals surface area (Å²) < 4.78 is 0.